The van der Waals surface area contributed by atoms with Gasteiger partial charge in [-0.3, -0.25) is 4.79 Å². The molecule has 0 unspecified atom stereocenters. The Kier molecular flexibility index (Phi) is 4.83. The van der Waals surface area contributed by atoms with Gasteiger partial charge in [0.1, 0.15) is 10.6 Å². The zero-order valence-electron chi connectivity index (χ0n) is 14.1. The number of carbonyl (C=O) groups is 1. The van der Waals surface area contributed by atoms with Crippen LogP contribution in [0.1, 0.15) is 32.6 Å². The summed E-state index contributed by atoms with van der Waals surface area (Å²) in [6, 6.07) is 4.79. The molecule has 2 aliphatic rings. The van der Waals surface area contributed by atoms with Crippen molar-refractivity contribution in [1.29, 1.82) is 0 Å². The van der Waals surface area contributed by atoms with Gasteiger partial charge in [-0.05, 0) is 43.4 Å². The molecule has 0 bridgehead atoms. The third-order valence-corrected chi connectivity index (χ3v) is 6.73. The van der Waals surface area contributed by atoms with E-state index in [-0.39, 0.29) is 16.7 Å². The SMILES string of the molecule is COc1ccc(NC(=O)[C@@H]2C[C@@H]2C)cc1S(=O)(=O)N1CCCCC1. The Balaban J connectivity index is 1.87. The number of hydrogen-bond donors (Lipinski definition) is 1. The summed E-state index contributed by atoms with van der Waals surface area (Å²) in [7, 11) is -2.17. The van der Waals surface area contributed by atoms with E-state index < -0.39 is 10.0 Å². The number of rotatable bonds is 5. The molecule has 1 saturated heterocycles. The fourth-order valence-corrected chi connectivity index (χ4v) is 4.82. The van der Waals surface area contributed by atoms with Gasteiger partial charge >= 0.3 is 0 Å². The first-order valence-corrected chi connectivity index (χ1v) is 9.86. The standard InChI is InChI=1S/C17H24N2O4S/c1-12-10-14(12)17(20)18-13-6-7-15(23-2)16(11-13)24(21,22)19-8-4-3-5-9-19/h6-7,11-12,14H,3-5,8-10H2,1-2H3,(H,18,20)/t12-,14+/m0/s1. The van der Waals surface area contributed by atoms with E-state index in [9.17, 15) is 13.2 Å². The van der Waals surface area contributed by atoms with Crippen molar-refractivity contribution in [2.75, 3.05) is 25.5 Å². The van der Waals surface area contributed by atoms with Crippen molar-refractivity contribution in [3.05, 3.63) is 18.2 Å². The minimum Gasteiger partial charge on any atom is -0.495 e. The molecule has 24 heavy (non-hydrogen) atoms. The van der Waals surface area contributed by atoms with Crippen molar-refractivity contribution in [3.8, 4) is 5.75 Å². The first-order chi connectivity index (χ1) is 11.4. The number of anilines is 1. The largest absolute Gasteiger partial charge is 0.495 e. The molecule has 1 amide bonds. The van der Waals surface area contributed by atoms with E-state index >= 15 is 0 Å². The van der Waals surface area contributed by atoms with Crippen LogP contribution in [0.4, 0.5) is 5.69 Å². The number of hydrogen-bond acceptors (Lipinski definition) is 4. The van der Waals surface area contributed by atoms with Crippen molar-refractivity contribution in [2.45, 2.75) is 37.5 Å². The van der Waals surface area contributed by atoms with Crippen LogP contribution < -0.4 is 10.1 Å². The quantitative estimate of drug-likeness (QED) is 0.883. The normalized spacial score (nSPS) is 24.4. The second-order valence-electron chi connectivity index (χ2n) is 6.64. The first kappa shape index (κ1) is 17.2. The van der Waals surface area contributed by atoms with E-state index in [1.54, 1.807) is 12.1 Å². The Labute approximate surface area is 143 Å². The van der Waals surface area contributed by atoms with E-state index in [0.717, 1.165) is 25.7 Å². The Morgan fingerprint density at radius 3 is 2.50 bits per heavy atom. The van der Waals surface area contributed by atoms with E-state index in [1.807, 2.05) is 6.92 Å². The van der Waals surface area contributed by atoms with Crippen LogP contribution in [-0.2, 0) is 14.8 Å². The number of ether oxygens (including phenoxy) is 1. The van der Waals surface area contributed by atoms with Crippen LogP contribution in [0, 0.1) is 11.8 Å². The summed E-state index contributed by atoms with van der Waals surface area (Å²) in [5.41, 5.74) is 0.496. The summed E-state index contributed by atoms with van der Waals surface area (Å²) in [5, 5.41) is 2.82. The van der Waals surface area contributed by atoms with Gasteiger partial charge in [-0.1, -0.05) is 13.3 Å². The lowest BCUT2D eigenvalue weighted by Gasteiger charge is -2.26. The molecule has 3 rings (SSSR count). The van der Waals surface area contributed by atoms with Gasteiger partial charge in [0.15, 0.2) is 0 Å². The van der Waals surface area contributed by atoms with Gasteiger partial charge < -0.3 is 10.1 Å². The predicted molar refractivity (Wildman–Crippen MR) is 91.5 cm³/mol. The Bertz CT molecular complexity index is 726. The molecule has 1 aliphatic carbocycles. The van der Waals surface area contributed by atoms with Gasteiger partial charge in [-0.15, -0.1) is 0 Å². The minimum atomic E-state index is -3.62. The summed E-state index contributed by atoms with van der Waals surface area (Å²) in [6.07, 6.45) is 3.69. The fourth-order valence-electron chi connectivity index (χ4n) is 3.12. The number of nitrogens with zero attached hydrogens (tertiary/aromatic N) is 1. The molecule has 1 aromatic rings. The average molecular weight is 352 g/mol. The number of benzene rings is 1. The van der Waals surface area contributed by atoms with Crippen LogP contribution in [-0.4, -0.2) is 38.8 Å². The van der Waals surface area contributed by atoms with Gasteiger partial charge in [0.25, 0.3) is 0 Å². The smallest absolute Gasteiger partial charge is 0.246 e. The highest BCUT2D eigenvalue weighted by Gasteiger charge is 2.39. The maximum absolute atomic E-state index is 12.9. The molecule has 7 heteroatoms. The van der Waals surface area contributed by atoms with Gasteiger partial charge in [-0.25, -0.2) is 8.42 Å². The zero-order valence-corrected chi connectivity index (χ0v) is 14.9. The van der Waals surface area contributed by atoms with Gasteiger partial charge in [0.2, 0.25) is 15.9 Å². The third-order valence-electron chi connectivity index (χ3n) is 4.81. The van der Waals surface area contributed by atoms with Crippen LogP contribution >= 0.6 is 0 Å². The lowest BCUT2D eigenvalue weighted by Crippen LogP contribution is -2.35. The molecule has 6 nitrogen and oxygen atoms in total. The molecular weight excluding hydrogens is 328 g/mol. The number of sulfonamides is 1. The van der Waals surface area contributed by atoms with Gasteiger partial charge in [0, 0.05) is 24.7 Å². The van der Waals surface area contributed by atoms with Crippen LogP contribution in [0.25, 0.3) is 0 Å². The van der Waals surface area contributed by atoms with Crippen LogP contribution in [0.5, 0.6) is 5.75 Å². The Hall–Kier alpha value is -1.60. The summed E-state index contributed by atoms with van der Waals surface area (Å²) in [6.45, 7) is 3.09. The van der Waals surface area contributed by atoms with Crippen LogP contribution in [0.15, 0.2) is 23.1 Å². The molecule has 132 valence electrons. The monoisotopic (exact) mass is 352 g/mol. The van der Waals surface area contributed by atoms with E-state index in [1.165, 1.54) is 17.5 Å². The second-order valence-corrected chi connectivity index (χ2v) is 8.55. The molecule has 2 fully saturated rings. The van der Waals surface area contributed by atoms with Crippen molar-refractivity contribution in [3.63, 3.8) is 0 Å². The molecule has 1 heterocycles. The highest BCUT2D eigenvalue weighted by Crippen LogP contribution is 2.39. The van der Waals surface area contributed by atoms with E-state index in [4.69, 9.17) is 4.74 Å². The Morgan fingerprint density at radius 1 is 1.25 bits per heavy atom. The molecule has 1 aliphatic heterocycles. The minimum absolute atomic E-state index is 0.0363. The summed E-state index contributed by atoms with van der Waals surface area (Å²) in [4.78, 5) is 12.2. The molecule has 0 radical (unpaired) electrons. The van der Waals surface area contributed by atoms with Crippen LogP contribution in [0.2, 0.25) is 0 Å². The molecule has 1 saturated carbocycles. The van der Waals surface area contributed by atoms with Gasteiger partial charge in [-0.2, -0.15) is 4.31 Å². The lowest BCUT2D eigenvalue weighted by atomic mass is 10.2. The highest BCUT2D eigenvalue weighted by atomic mass is 32.2. The number of carbonyl (C=O) groups excluding carboxylic acids is 1. The molecule has 2 atom stereocenters. The van der Waals surface area contributed by atoms with Crippen molar-refractivity contribution >= 4 is 21.6 Å². The molecule has 1 aromatic carbocycles. The number of amides is 1. The molecule has 0 aromatic heterocycles. The summed E-state index contributed by atoms with van der Waals surface area (Å²) in [5.74, 6) is 0.696. The van der Waals surface area contributed by atoms with Crippen LogP contribution in [0.3, 0.4) is 0 Å². The first-order valence-electron chi connectivity index (χ1n) is 8.42. The van der Waals surface area contributed by atoms with Crippen molar-refractivity contribution < 1.29 is 17.9 Å². The van der Waals surface area contributed by atoms with Crippen molar-refractivity contribution in [2.24, 2.45) is 11.8 Å². The molecule has 0 spiro atoms. The van der Waals surface area contributed by atoms with Crippen molar-refractivity contribution in [1.82, 2.24) is 4.31 Å². The Morgan fingerprint density at radius 2 is 1.92 bits per heavy atom. The summed E-state index contributed by atoms with van der Waals surface area (Å²) >= 11 is 0. The fraction of sp³-hybridized carbons (Fsp3) is 0.588. The van der Waals surface area contributed by atoms with E-state index in [2.05, 4.69) is 5.32 Å². The summed E-state index contributed by atoms with van der Waals surface area (Å²) < 4.78 is 32.6. The number of nitrogens with one attached hydrogen (secondary N) is 1. The second kappa shape index (κ2) is 6.72. The maximum Gasteiger partial charge on any atom is 0.246 e. The molecule has 1 N–H and O–H groups in total. The van der Waals surface area contributed by atoms with E-state index in [0.29, 0.717) is 30.4 Å². The molecular formula is C17H24N2O4S. The predicted octanol–water partition coefficient (Wildman–Crippen LogP) is 2.46. The zero-order chi connectivity index (χ0) is 17.3. The number of piperidine rings is 1. The highest BCUT2D eigenvalue weighted by molar-refractivity contribution is 7.89. The third kappa shape index (κ3) is 3.42. The topological polar surface area (TPSA) is 75.7 Å². The maximum atomic E-state index is 12.9. The lowest BCUT2D eigenvalue weighted by molar-refractivity contribution is -0.117. The van der Waals surface area contributed by atoms with Gasteiger partial charge in [0.05, 0.1) is 7.11 Å². The average Bonchev–Trinajstić information content (AvgIpc) is 3.32. The number of methoxy groups -OCH3 is 1.